The summed E-state index contributed by atoms with van der Waals surface area (Å²) in [5, 5.41) is 3.44. The quantitative estimate of drug-likeness (QED) is 0.916. The molecule has 0 radical (unpaired) electrons. The average Bonchev–Trinajstić information content (AvgIpc) is 2.82. The molecule has 1 aromatic heterocycles. The van der Waals surface area contributed by atoms with Crippen LogP contribution in [0.1, 0.15) is 24.2 Å². The lowest BCUT2D eigenvalue weighted by molar-refractivity contribution is 0.264. The Kier molecular flexibility index (Phi) is 4.80. The highest BCUT2D eigenvalue weighted by Crippen LogP contribution is 2.21. The molecule has 19 heavy (non-hydrogen) atoms. The number of rotatable bonds is 5. The number of likely N-dealkylation sites (N-methyl/N-ethyl adjacent to an activating group) is 1. The minimum atomic E-state index is 0.355. The summed E-state index contributed by atoms with van der Waals surface area (Å²) >= 11 is 7.40. The van der Waals surface area contributed by atoms with Crippen LogP contribution in [0.2, 0.25) is 5.02 Å². The number of aromatic nitrogens is 1. The SMILES string of the molecule is CC(c1ccc(Cl)cc1)N(C)CCc1csc(N)n1. The molecule has 0 aliphatic carbocycles. The molecule has 0 spiro atoms. The molecule has 0 aliphatic rings. The van der Waals surface area contributed by atoms with E-state index in [1.807, 2.05) is 17.5 Å². The maximum atomic E-state index is 5.91. The van der Waals surface area contributed by atoms with Gasteiger partial charge in [-0.05, 0) is 31.7 Å². The van der Waals surface area contributed by atoms with Crippen LogP contribution in [0.5, 0.6) is 0 Å². The number of halogens is 1. The monoisotopic (exact) mass is 295 g/mol. The predicted molar refractivity (Wildman–Crippen MR) is 82.7 cm³/mol. The molecule has 0 aliphatic heterocycles. The highest BCUT2D eigenvalue weighted by molar-refractivity contribution is 7.13. The summed E-state index contributed by atoms with van der Waals surface area (Å²) in [5.41, 5.74) is 7.97. The highest BCUT2D eigenvalue weighted by atomic mass is 35.5. The molecule has 0 amide bonds. The van der Waals surface area contributed by atoms with E-state index in [0.717, 1.165) is 23.7 Å². The predicted octanol–water partition coefficient (Wildman–Crippen LogP) is 3.61. The van der Waals surface area contributed by atoms with Gasteiger partial charge in [0.1, 0.15) is 0 Å². The Morgan fingerprint density at radius 1 is 1.37 bits per heavy atom. The van der Waals surface area contributed by atoms with Gasteiger partial charge in [-0.2, -0.15) is 0 Å². The third-order valence-corrected chi connectivity index (χ3v) is 4.28. The van der Waals surface area contributed by atoms with Crippen LogP contribution < -0.4 is 5.73 Å². The topological polar surface area (TPSA) is 42.1 Å². The van der Waals surface area contributed by atoms with E-state index < -0.39 is 0 Å². The van der Waals surface area contributed by atoms with Crippen LogP contribution in [0.15, 0.2) is 29.6 Å². The molecule has 2 N–H and O–H groups in total. The molecule has 102 valence electrons. The van der Waals surface area contributed by atoms with Crippen LogP contribution in [0.4, 0.5) is 5.13 Å². The van der Waals surface area contributed by atoms with Crippen LogP contribution in [-0.2, 0) is 6.42 Å². The fraction of sp³-hybridized carbons (Fsp3) is 0.357. The molecule has 0 saturated carbocycles. The second kappa shape index (κ2) is 6.37. The Balaban J connectivity index is 1.92. The highest BCUT2D eigenvalue weighted by Gasteiger charge is 2.12. The largest absolute Gasteiger partial charge is 0.375 e. The molecule has 1 heterocycles. The Morgan fingerprint density at radius 3 is 2.63 bits per heavy atom. The van der Waals surface area contributed by atoms with Crippen LogP contribution >= 0.6 is 22.9 Å². The molecule has 2 rings (SSSR count). The molecule has 5 heteroatoms. The molecule has 1 aromatic carbocycles. The standard InChI is InChI=1S/C14H18ClN3S/c1-10(11-3-5-12(15)6-4-11)18(2)8-7-13-9-19-14(16)17-13/h3-6,9-10H,7-8H2,1-2H3,(H2,16,17). The van der Waals surface area contributed by atoms with Crippen LogP contribution in [0.3, 0.4) is 0 Å². The van der Waals surface area contributed by atoms with Crippen LogP contribution in [-0.4, -0.2) is 23.5 Å². The van der Waals surface area contributed by atoms with Gasteiger partial charge in [0.15, 0.2) is 5.13 Å². The molecule has 0 fully saturated rings. The molecule has 0 bridgehead atoms. The number of nitrogens with zero attached hydrogens (tertiary/aromatic N) is 2. The fourth-order valence-electron chi connectivity index (χ4n) is 1.92. The van der Waals surface area contributed by atoms with Crippen LogP contribution in [0, 0.1) is 0 Å². The zero-order valence-electron chi connectivity index (χ0n) is 11.1. The molecule has 0 saturated heterocycles. The van der Waals surface area contributed by atoms with E-state index >= 15 is 0 Å². The number of hydrogen-bond donors (Lipinski definition) is 1. The van der Waals surface area contributed by atoms with E-state index in [1.165, 1.54) is 16.9 Å². The lowest BCUT2D eigenvalue weighted by Crippen LogP contribution is -2.24. The normalized spacial score (nSPS) is 12.8. The van der Waals surface area contributed by atoms with E-state index in [1.54, 1.807) is 0 Å². The van der Waals surface area contributed by atoms with Crippen molar-refractivity contribution in [2.45, 2.75) is 19.4 Å². The van der Waals surface area contributed by atoms with Crippen molar-refractivity contribution in [2.75, 3.05) is 19.3 Å². The first-order valence-electron chi connectivity index (χ1n) is 6.22. The number of hydrogen-bond acceptors (Lipinski definition) is 4. The van der Waals surface area contributed by atoms with Crippen molar-refractivity contribution >= 4 is 28.1 Å². The van der Waals surface area contributed by atoms with Gasteiger partial charge in [-0.1, -0.05) is 23.7 Å². The van der Waals surface area contributed by atoms with Crippen molar-refractivity contribution in [3.63, 3.8) is 0 Å². The van der Waals surface area contributed by atoms with Gasteiger partial charge in [0.2, 0.25) is 0 Å². The Bertz CT molecular complexity index is 524. The van der Waals surface area contributed by atoms with Gasteiger partial charge >= 0.3 is 0 Å². The summed E-state index contributed by atoms with van der Waals surface area (Å²) in [6, 6.07) is 8.37. The molecular weight excluding hydrogens is 278 g/mol. The van der Waals surface area contributed by atoms with Crippen molar-refractivity contribution in [3.8, 4) is 0 Å². The van der Waals surface area contributed by atoms with Gasteiger partial charge in [0.05, 0.1) is 5.69 Å². The summed E-state index contributed by atoms with van der Waals surface area (Å²) in [7, 11) is 2.12. The summed E-state index contributed by atoms with van der Waals surface area (Å²) in [6.45, 7) is 3.14. The third kappa shape index (κ3) is 3.93. The second-order valence-electron chi connectivity index (χ2n) is 4.64. The second-order valence-corrected chi connectivity index (χ2v) is 5.96. The Hall–Kier alpha value is -1.10. The molecule has 1 unspecified atom stereocenters. The molecule has 3 nitrogen and oxygen atoms in total. The van der Waals surface area contributed by atoms with Crippen molar-refractivity contribution in [1.82, 2.24) is 9.88 Å². The van der Waals surface area contributed by atoms with Gasteiger partial charge in [-0.25, -0.2) is 4.98 Å². The van der Waals surface area contributed by atoms with Gasteiger partial charge in [-0.3, -0.25) is 4.90 Å². The van der Waals surface area contributed by atoms with Gasteiger partial charge in [-0.15, -0.1) is 11.3 Å². The van der Waals surface area contributed by atoms with Crippen molar-refractivity contribution in [3.05, 3.63) is 45.9 Å². The average molecular weight is 296 g/mol. The minimum absolute atomic E-state index is 0.355. The van der Waals surface area contributed by atoms with E-state index in [0.29, 0.717) is 11.2 Å². The van der Waals surface area contributed by atoms with Crippen LogP contribution in [0.25, 0.3) is 0 Å². The third-order valence-electron chi connectivity index (χ3n) is 3.30. The summed E-state index contributed by atoms with van der Waals surface area (Å²) in [6.07, 6.45) is 0.919. The van der Waals surface area contributed by atoms with Crippen molar-refractivity contribution in [2.24, 2.45) is 0 Å². The lowest BCUT2D eigenvalue weighted by atomic mass is 10.1. The van der Waals surface area contributed by atoms with E-state index in [4.69, 9.17) is 17.3 Å². The first-order chi connectivity index (χ1) is 9.06. The molecule has 1 atom stereocenters. The van der Waals surface area contributed by atoms with Gasteiger partial charge < -0.3 is 5.73 Å². The first kappa shape index (κ1) is 14.3. The van der Waals surface area contributed by atoms with Gasteiger partial charge in [0, 0.05) is 29.4 Å². The fourth-order valence-corrected chi connectivity index (χ4v) is 2.64. The van der Waals surface area contributed by atoms with E-state index in [9.17, 15) is 0 Å². The summed E-state index contributed by atoms with van der Waals surface area (Å²) in [5.74, 6) is 0. The Morgan fingerprint density at radius 2 is 2.05 bits per heavy atom. The first-order valence-corrected chi connectivity index (χ1v) is 7.47. The zero-order chi connectivity index (χ0) is 13.8. The van der Waals surface area contributed by atoms with Crippen molar-refractivity contribution in [1.29, 1.82) is 0 Å². The summed E-state index contributed by atoms with van der Waals surface area (Å²) < 4.78 is 0. The molecular formula is C14H18ClN3S. The zero-order valence-corrected chi connectivity index (χ0v) is 12.7. The van der Waals surface area contributed by atoms with E-state index in [2.05, 4.69) is 36.0 Å². The van der Waals surface area contributed by atoms with E-state index in [-0.39, 0.29) is 0 Å². The smallest absolute Gasteiger partial charge is 0.180 e. The number of nitrogens with two attached hydrogens (primary N) is 1. The van der Waals surface area contributed by atoms with Crippen molar-refractivity contribution < 1.29 is 0 Å². The molecule has 2 aromatic rings. The Labute approximate surface area is 123 Å². The minimum Gasteiger partial charge on any atom is -0.375 e. The number of anilines is 1. The maximum absolute atomic E-state index is 5.91. The summed E-state index contributed by atoms with van der Waals surface area (Å²) in [4.78, 5) is 6.58. The number of thiazole rings is 1. The lowest BCUT2D eigenvalue weighted by Gasteiger charge is -2.24. The van der Waals surface area contributed by atoms with Gasteiger partial charge in [0.25, 0.3) is 0 Å². The number of nitrogen functional groups attached to an aromatic ring is 1. The number of benzene rings is 1. The maximum Gasteiger partial charge on any atom is 0.180 e.